The van der Waals surface area contributed by atoms with Gasteiger partial charge in [0.25, 0.3) is 0 Å². The second-order valence-corrected chi connectivity index (χ2v) is 4.98. The van der Waals surface area contributed by atoms with Crippen LogP contribution in [0.5, 0.6) is 0 Å². The van der Waals surface area contributed by atoms with Crippen LogP contribution in [0.25, 0.3) is 11.0 Å². The molecule has 2 aromatic heterocycles. The Morgan fingerprint density at radius 3 is 3.05 bits per heavy atom. The molecule has 1 aliphatic heterocycles. The fourth-order valence-corrected chi connectivity index (χ4v) is 2.52. The van der Waals surface area contributed by atoms with Gasteiger partial charge in [-0.3, -0.25) is 4.90 Å². The SMILES string of the molecule is CN(CCN1CCNCC1)c1nccc2occc12. The number of rotatable bonds is 4. The number of fused-ring (bicyclic) bond motifs is 1. The Kier molecular flexibility index (Phi) is 3.66. The van der Waals surface area contributed by atoms with E-state index in [0.717, 1.165) is 56.1 Å². The van der Waals surface area contributed by atoms with Gasteiger partial charge in [-0.05, 0) is 12.1 Å². The quantitative estimate of drug-likeness (QED) is 0.894. The maximum absolute atomic E-state index is 5.42. The van der Waals surface area contributed by atoms with E-state index in [1.54, 1.807) is 6.26 Å². The molecule has 0 aromatic carbocycles. The third-order valence-corrected chi connectivity index (χ3v) is 3.68. The molecule has 0 bridgehead atoms. The number of nitrogens with zero attached hydrogens (tertiary/aromatic N) is 3. The van der Waals surface area contributed by atoms with Crippen LogP contribution in [0.2, 0.25) is 0 Å². The van der Waals surface area contributed by atoms with Gasteiger partial charge >= 0.3 is 0 Å². The Balaban J connectivity index is 1.66. The van der Waals surface area contributed by atoms with E-state index in [2.05, 4.69) is 27.1 Å². The lowest BCUT2D eigenvalue weighted by Gasteiger charge is -2.29. The Hall–Kier alpha value is -1.59. The lowest BCUT2D eigenvalue weighted by Crippen LogP contribution is -2.46. The zero-order valence-corrected chi connectivity index (χ0v) is 11.3. The van der Waals surface area contributed by atoms with Crippen LogP contribution in [0.3, 0.4) is 0 Å². The molecule has 0 saturated carbocycles. The minimum absolute atomic E-state index is 0.902. The van der Waals surface area contributed by atoms with Crippen molar-refractivity contribution >= 4 is 16.8 Å². The van der Waals surface area contributed by atoms with Crippen LogP contribution in [0.4, 0.5) is 5.82 Å². The summed E-state index contributed by atoms with van der Waals surface area (Å²) in [7, 11) is 2.09. The molecule has 0 spiro atoms. The summed E-state index contributed by atoms with van der Waals surface area (Å²) < 4.78 is 5.42. The number of aromatic nitrogens is 1. The van der Waals surface area contributed by atoms with Crippen molar-refractivity contribution < 1.29 is 4.42 Å². The highest BCUT2D eigenvalue weighted by atomic mass is 16.3. The highest BCUT2D eigenvalue weighted by molar-refractivity contribution is 5.88. The molecule has 0 aliphatic carbocycles. The lowest BCUT2D eigenvalue weighted by atomic mass is 10.3. The number of hydrogen-bond donors (Lipinski definition) is 1. The zero-order valence-electron chi connectivity index (χ0n) is 11.3. The maximum Gasteiger partial charge on any atom is 0.139 e. The van der Waals surface area contributed by atoms with Crippen LogP contribution in [-0.4, -0.2) is 56.2 Å². The van der Waals surface area contributed by atoms with E-state index in [9.17, 15) is 0 Å². The fourth-order valence-electron chi connectivity index (χ4n) is 2.52. The molecule has 1 aliphatic rings. The molecule has 0 radical (unpaired) electrons. The summed E-state index contributed by atoms with van der Waals surface area (Å²) >= 11 is 0. The molecule has 5 nitrogen and oxygen atoms in total. The van der Waals surface area contributed by atoms with Crippen molar-refractivity contribution in [2.24, 2.45) is 0 Å². The van der Waals surface area contributed by atoms with E-state index in [1.165, 1.54) is 0 Å². The number of piperazine rings is 1. The highest BCUT2D eigenvalue weighted by Crippen LogP contribution is 2.24. The standard InChI is InChI=1S/C14H20N4O/c1-17(9-10-18-7-5-15-6-8-18)14-12-3-11-19-13(12)2-4-16-14/h2-4,11,15H,5-10H2,1H3. The molecule has 1 saturated heterocycles. The van der Waals surface area contributed by atoms with Crippen molar-refractivity contribution in [3.05, 3.63) is 24.6 Å². The molecule has 0 unspecified atom stereocenters. The predicted molar refractivity (Wildman–Crippen MR) is 76.6 cm³/mol. The largest absolute Gasteiger partial charge is 0.464 e. The van der Waals surface area contributed by atoms with Crippen molar-refractivity contribution in [3.8, 4) is 0 Å². The summed E-state index contributed by atoms with van der Waals surface area (Å²) in [5.41, 5.74) is 0.902. The Bertz CT molecular complexity index is 533. The second kappa shape index (κ2) is 5.59. The van der Waals surface area contributed by atoms with Gasteiger partial charge in [-0.15, -0.1) is 0 Å². The Labute approximate surface area is 113 Å². The van der Waals surface area contributed by atoms with Gasteiger partial charge in [0.2, 0.25) is 0 Å². The topological polar surface area (TPSA) is 44.5 Å². The van der Waals surface area contributed by atoms with Crippen LogP contribution < -0.4 is 10.2 Å². The first-order valence-corrected chi connectivity index (χ1v) is 6.81. The molecule has 2 aromatic rings. The predicted octanol–water partition coefficient (Wildman–Crippen LogP) is 1.17. The number of likely N-dealkylation sites (N-methyl/N-ethyl adjacent to an activating group) is 1. The summed E-state index contributed by atoms with van der Waals surface area (Å²) in [6.45, 7) is 6.53. The monoisotopic (exact) mass is 260 g/mol. The summed E-state index contributed by atoms with van der Waals surface area (Å²) in [6.07, 6.45) is 3.53. The van der Waals surface area contributed by atoms with Crippen molar-refractivity contribution in [3.63, 3.8) is 0 Å². The molecular formula is C14H20N4O. The number of nitrogens with one attached hydrogen (secondary N) is 1. The van der Waals surface area contributed by atoms with E-state index in [0.29, 0.717) is 0 Å². The number of pyridine rings is 1. The molecule has 3 rings (SSSR count). The molecule has 0 atom stereocenters. The van der Waals surface area contributed by atoms with Gasteiger partial charge in [-0.1, -0.05) is 0 Å². The number of furan rings is 1. The molecule has 1 N–H and O–H groups in total. The number of hydrogen-bond acceptors (Lipinski definition) is 5. The van der Waals surface area contributed by atoms with Crippen LogP contribution in [0, 0.1) is 0 Å². The molecular weight excluding hydrogens is 240 g/mol. The normalized spacial score (nSPS) is 16.9. The van der Waals surface area contributed by atoms with E-state index >= 15 is 0 Å². The molecule has 5 heteroatoms. The van der Waals surface area contributed by atoms with Crippen molar-refractivity contribution in [2.45, 2.75) is 0 Å². The first-order chi connectivity index (χ1) is 9.34. The fraction of sp³-hybridized carbons (Fsp3) is 0.500. The smallest absolute Gasteiger partial charge is 0.139 e. The summed E-state index contributed by atoms with van der Waals surface area (Å²) in [4.78, 5) is 9.17. The third-order valence-electron chi connectivity index (χ3n) is 3.68. The van der Waals surface area contributed by atoms with Crippen LogP contribution in [0.1, 0.15) is 0 Å². The molecule has 0 amide bonds. The average molecular weight is 260 g/mol. The van der Waals surface area contributed by atoms with Gasteiger partial charge < -0.3 is 14.6 Å². The first-order valence-electron chi connectivity index (χ1n) is 6.81. The van der Waals surface area contributed by atoms with Gasteiger partial charge in [-0.25, -0.2) is 4.98 Å². The van der Waals surface area contributed by atoms with Crippen molar-refractivity contribution in [1.29, 1.82) is 0 Å². The maximum atomic E-state index is 5.42. The minimum atomic E-state index is 0.902. The minimum Gasteiger partial charge on any atom is -0.464 e. The molecule has 102 valence electrons. The van der Waals surface area contributed by atoms with Crippen LogP contribution in [-0.2, 0) is 0 Å². The van der Waals surface area contributed by atoms with Gasteiger partial charge in [0.15, 0.2) is 0 Å². The molecule has 3 heterocycles. The van der Waals surface area contributed by atoms with Gasteiger partial charge in [0, 0.05) is 52.5 Å². The third kappa shape index (κ3) is 2.72. The summed E-state index contributed by atoms with van der Waals surface area (Å²) in [5.74, 6) is 1.00. The molecule has 19 heavy (non-hydrogen) atoms. The van der Waals surface area contributed by atoms with Crippen LogP contribution >= 0.6 is 0 Å². The van der Waals surface area contributed by atoms with E-state index in [-0.39, 0.29) is 0 Å². The van der Waals surface area contributed by atoms with Crippen molar-refractivity contribution in [1.82, 2.24) is 15.2 Å². The average Bonchev–Trinajstić information content (AvgIpc) is 2.94. The van der Waals surface area contributed by atoms with E-state index in [4.69, 9.17) is 4.42 Å². The molecule has 1 fully saturated rings. The van der Waals surface area contributed by atoms with Gasteiger partial charge in [0.05, 0.1) is 11.6 Å². The second-order valence-electron chi connectivity index (χ2n) is 4.98. The Morgan fingerprint density at radius 2 is 2.21 bits per heavy atom. The lowest BCUT2D eigenvalue weighted by molar-refractivity contribution is 0.246. The zero-order chi connectivity index (χ0) is 13.1. The first kappa shape index (κ1) is 12.4. The van der Waals surface area contributed by atoms with E-state index in [1.807, 2.05) is 18.3 Å². The van der Waals surface area contributed by atoms with Crippen LogP contribution in [0.15, 0.2) is 29.0 Å². The Morgan fingerprint density at radius 1 is 1.37 bits per heavy atom. The van der Waals surface area contributed by atoms with Crippen molar-refractivity contribution in [2.75, 3.05) is 51.2 Å². The van der Waals surface area contributed by atoms with Gasteiger partial charge in [0.1, 0.15) is 11.4 Å². The summed E-state index contributed by atoms with van der Waals surface area (Å²) in [6, 6.07) is 3.89. The van der Waals surface area contributed by atoms with E-state index < -0.39 is 0 Å². The number of anilines is 1. The summed E-state index contributed by atoms with van der Waals surface area (Å²) in [5, 5.41) is 4.46. The van der Waals surface area contributed by atoms with Gasteiger partial charge in [-0.2, -0.15) is 0 Å². The highest BCUT2D eigenvalue weighted by Gasteiger charge is 2.13.